The predicted molar refractivity (Wildman–Crippen MR) is 79.3 cm³/mol. The quantitative estimate of drug-likeness (QED) is 0.877. The molecule has 0 radical (unpaired) electrons. The topological polar surface area (TPSA) is 15.3 Å². The maximum absolute atomic E-state index is 3.13. The molecule has 2 aromatic carbocycles. The second-order valence-corrected chi connectivity index (χ2v) is 4.64. The summed E-state index contributed by atoms with van der Waals surface area (Å²) in [4.78, 5) is 2.26. The summed E-state index contributed by atoms with van der Waals surface area (Å²) in [5, 5.41) is 3.13. The normalized spacial score (nSPS) is 10.2. The SMILES string of the molecule is CNc1ccc(N(C)Cc2cccc(C)c2)cc1. The van der Waals surface area contributed by atoms with Gasteiger partial charge in [-0.2, -0.15) is 0 Å². The van der Waals surface area contributed by atoms with E-state index in [1.165, 1.54) is 16.8 Å². The first kappa shape index (κ1) is 12.5. The fourth-order valence-electron chi connectivity index (χ4n) is 2.06. The molecule has 0 amide bonds. The average molecular weight is 240 g/mol. The van der Waals surface area contributed by atoms with Gasteiger partial charge in [-0.15, -0.1) is 0 Å². The summed E-state index contributed by atoms with van der Waals surface area (Å²) >= 11 is 0. The van der Waals surface area contributed by atoms with Gasteiger partial charge in [0.2, 0.25) is 0 Å². The zero-order valence-corrected chi connectivity index (χ0v) is 11.3. The highest BCUT2D eigenvalue weighted by atomic mass is 15.1. The Hall–Kier alpha value is -1.96. The molecule has 0 aliphatic carbocycles. The molecule has 0 aliphatic rings. The summed E-state index contributed by atoms with van der Waals surface area (Å²) in [6, 6.07) is 17.1. The zero-order chi connectivity index (χ0) is 13.0. The molecule has 1 N–H and O–H groups in total. The fraction of sp³-hybridized carbons (Fsp3) is 0.250. The summed E-state index contributed by atoms with van der Waals surface area (Å²) in [5.74, 6) is 0. The molecule has 0 fully saturated rings. The summed E-state index contributed by atoms with van der Waals surface area (Å²) in [7, 11) is 4.06. The van der Waals surface area contributed by atoms with Crippen LogP contribution in [-0.2, 0) is 6.54 Å². The standard InChI is InChI=1S/C16H20N2/c1-13-5-4-6-14(11-13)12-18(3)16-9-7-15(17-2)8-10-16/h4-11,17H,12H2,1-3H3. The Morgan fingerprint density at radius 2 is 1.78 bits per heavy atom. The monoisotopic (exact) mass is 240 g/mol. The number of aryl methyl sites for hydroxylation is 1. The number of anilines is 2. The van der Waals surface area contributed by atoms with E-state index in [0.717, 1.165) is 12.2 Å². The Balaban J connectivity index is 2.09. The van der Waals surface area contributed by atoms with Crippen LogP contribution in [-0.4, -0.2) is 14.1 Å². The van der Waals surface area contributed by atoms with Crippen molar-refractivity contribution in [2.45, 2.75) is 13.5 Å². The molecule has 0 spiro atoms. The van der Waals surface area contributed by atoms with Gasteiger partial charge < -0.3 is 10.2 Å². The van der Waals surface area contributed by atoms with Crippen LogP contribution in [0, 0.1) is 6.92 Å². The molecule has 0 unspecified atom stereocenters. The molecule has 0 bridgehead atoms. The third-order valence-electron chi connectivity index (χ3n) is 3.10. The maximum Gasteiger partial charge on any atom is 0.0426 e. The van der Waals surface area contributed by atoms with E-state index in [4.69, 9.17) is 0 Å². The molecule has 2 heteroatoms. The van der Waals surface area contributed by atoms with Crippen LogP contribution in [0.25, 0.3) is 0 Å². The minimum absolute atomic E-state index is 0.931. The van der Waals surface area contributed by atoms with Gasteiger partial charge in [-0.05, 0) is 36.8 Å². The smallest absolute Gasteiger partial charge is 0.0426 e. The molecule has 0 saturated heterocycles. The molecule has 0 atom stereocenters. The van der Waals surface area contributed by atoms with Gasteiger partial charge in [-0.25, -0.2) is 0 Å². The molecule has 0 saturated carbocycles. The molecular formula is C16H20N2. The number of rotatable bonds is 4. The molecule has 2 rings (SSSR count). The lowest BCUT2D eigenvalue weighted by Crippen LogP contribution is -2.16. The van der Waals surface area contributed by atoms with Crippen molar-refractivity contribution in [1.29, 1.82) is 0 Å². The van der Waals surface area contributed by atoms with Gasteiger partial charge >= 0.3 is 0 Å². The minimum Gasteiger partial charge on any atom is -0.388 e. The third kappa shape index (κ3) is 3.04. The van der Waals surface area contributed by atoms with E-state index >= 15 is 0 Å². The van der Waals surface area contributed by atoms with Gasteiger partial charge in [0.25, 0.3) is 0 Å². The van der Waals surface area contributed by atoms with E-state index in [0.29, 0.717) is 0 Å². The first-order valence-electron chi connectivity index (χ1n) is 6.23. The van der Waals surface area contributed by atoms with Gasteiger partial charge in [0.1, 0.15) is 0 Å². The minimum atomic E-state index is 0.931. The van der Waals surface area contributed by atoms with Crippen LogP contribution in [0.1, 0.15) is 11.1 Å². The summed E-state index contributed by atoms with van der Waals surface area (Å²) in [5.41, 5.74) is 5.03. The second-order valence-electron chi connectivity index (χ2n) is 4.64. The number of nitrogens with zero attached hydrogens (tertiary/aromatic N) is 1. The Morgan fingerprint density at radius 3 is 2.39 bits per heavy atom. The van der Waals surface area contributed by atoms with Crippen molar-refractivity contribution in [3.8, 4) is 0 Å². The van der Waals surface area contributed by atoms with Crippen LogP contribution in [0.2, 0.25) is 0 Å². The molecule has 0 heterocycles. The van der Waals surface area contributed by atoms with Gasteiger partial charge in [-0.3, -0.25) is 0 Å². The van der Waals surface area contributed by atoms with Gasteiger partial charge in [-0.1, -0.05) is 29.8 Å². The Morgan fingerprint density at radius 1 is 1.06 bits per heavy atom. The summed E-state index contributed by atoms with van der Waals surface area (Å²) in [6.07, 6.45) is 0. The van der Waals surface area contributed by atoms with Crippen molar-refractivity contribution in [3.63, 3.8) is 0 Å². The lowest BCUT2D eigenvalue weighted by atomic mass is 10.1. The van der Waals surface area contributed by atoms with Crippen LogP contribution in [0.15, 0.2) is 48.5 Å². The summed E-state index contributed by atoms with van der Waals surface area (Å²) < 4.78 is 0. The van der Waals surface area contributed by atoms with E-state index < -0.39 is 0 Å². The number of hydrogen-bond acceptors (Lipinski definition) is 2. The molecule has 0 aromatic heterocycles. The summed E-state index contributed by atoms with van der Waals surface area (Å²) in [6.45, 7) is 3.06. The van der Waals surface area contributed by atoms with E-state index in [1.54, 1.807) is 0 Å². The van der Waals surface area contributed by atoms with E-state index in [-0.39, 0.29) is 0 Å². The van der Waals surface area contributed by atoms with E-state index in [9.17, 15) is 0 Å². The van der Waals surface area contributed by atoms with Crippen molar-refractivity contribution in [1.82, 2.24) is 0 Å². The zero-order valence-electron chi connectivity index (χ0n) is 11.3. The van der Waals surface area contributed by atoms with Crippen LogP contribution >= 0.6 is 0 Å². The first-order valence-corrected chi connectivity index (χ1v) is 6.23. The lowest BCUT2D eigenvalue weighted by molar-refractivity contribution is 0.922. The van der Waals surface area contributed by atoms with E-state index in [1.807, 2.05) is 7.05 Å². The highest BCUT2D eigenvalue weighted by Crippen LogP contribution is 2.18. The molecule has 2 aromatic rings. The second kappa shape index (κ2) is 5.58. The van der Waals surface area contributed by atoms with Gasteiger partial charge in [0.15, 0.2) is 0 Å². The highest BCUT2D eigenvalue weighted by Gasteiger charge is 2.02. The van der Waals surface area contributed by atoms with Gasteiger partial charge in [0.05, 0.1) is 0 Å². The van der Waals surface area contributed by atoms with Crippen molar-refractivity contribution < 1.29 is 0 Å². The Labute approximate surface area is 109 Å². The van der Waals surface area contributed by atoms with Crippen molar-refractivity contribution in [3.05, 3.63) is 59.7 Å². The lowest BCUT2D eigenvalue weighted by Gasteiger charge is -2.20. The molecule has 2 nitrogen and oxygen atoms in total. The van der Waals surface area contributed by atoms with Crippen LogP contribution < -0.4 is 10.2 Å². The van der Waals surface area contributed by atoms with Crippen LogP contribution in [0.3, 0.4) is 0 Å². The van der Waals surface area contributed by atoms with Crippen LogP contribution in [0.5, 0.6) is 0 Å². The maximum atomic E-state index is 3.13. The number of hydrogen-bond donors (Lipinski definition) is 1. The van der Waals surface area contributed by atoms with E-state index in [2.05, 4.69) is 72.7 Å². The number of benzene rings is 2. The Bertz CT molecular complexity index is 503. The predicted octanol–water partition coefficient (Wildman–Crippen LogP) is 3.67. The van der Waals surface area contributed by atoms with Crippen molar-refractivity contribution in [2.24, 2.45) is 0 Å². The fourth-order valence-corrected chi connectivity index (χ4v) is 2.06. The highest BCUT2D eigenvalue weighted by molar-refractivity contribution is 5.54. The van der Waals surface area contributed by atoms with Gasteiger partial charge in [0, 0.05) is 32.0 Å². The molecule has 18 heavy (non-hydrogen) atoms. The van der Waals surface area contributed by atoms with Crippen LogP contribution in [0.4, 0.5) is 11.4 Å². The van der Waals surface area contributed by atoms with Crippen molar-refractivity contribution >= 4 is 11.4 Å². The largest absolute Gasteiger partial charge is 0.388 e. The van der Waals surface area contributed by atoms with Crippen molar-refractivity contribution in [2.75, 3.05) is 24.3 Å². The Kier molecular flexibility index (Phi) is 3.88. The molecule has 94 valence electrons. The number of nitrogens with one attached hydrogen (secondary N) is 1. The average Bonchev–Trinajstić information content (AvgIpc) is 2.39. The first-order chi connectivity index (χ1) is 8.69. The molecular weight excluding hydrogens is 220 g/mol. The molecule has 0 aliphatic heterocycles. The third-order valence-corrected chi connectivity index (χ3v) is 3.10.